The maximum Gasteiger partial charge on any atom is 0.490 e. The summed E-state index contributed by atoms with van der Waals surface area (Å²) in [4.78, 5) is 23.3. The van der Waals surface area contributed by atoms with E-state index in [-0.39, 0.29) is 31.4 Å². The van der Waals surface area contributed by atoms with E-state index in [4.69, 9.17) is 42.6 Å². The monoisotopic (exact) mass is 608 g/mol. The Hall–Kier alpha value is -2.30. The number of esters is 1. The molecule has 1 saturated heterocycles. The number of hydrogen-bond donors (Lipinski definition) is 3. The Morgan fingerprint density at radius 3 is 2.32 bits per heavy atom. The average Bonchev–Trinajstić information content (AvgIpc) is 3.16. The van der Waals surface area contributed by atoms with Crippen molar-refractivity contribution in [2.24, 2.45) is 0 Å². The van der Waals surface area contributed by atoms with Crippen LogP contribution in [0.25, 0.3) is 0 Å². The number of morpholine rings is 1. The first-order valence-corrected chi connectivity index (χ1v) is 13.3. The summed E-state index contributed by atoms with van der Waals surface area (Å²) in [6.45, 7) is 4.13. The van der Waals surface area contributed by atoms with Gasteiger partial charge >= 0.3 is 18.1 Å². The number of carbonyl (C=O) groups is 2. The van der Waals surface area contributed by atoms with Crippen molar-refractivity contribution in [1.82, 2.24) is 4.90 Å². The van der Waals surface area contributed by atoms with Crippen LogP contribution in [0.4, 0.5) is 18.9 Å². The normalized spacial score (nSPS) is 14.4. The minimum Gasteiger partial charge on any atom is -0.507 e. The fourth-order valence-corrected chi connectivity index (χ4v) is 5.72. The lowest BCUT2D eigenvalue weighted by Gasteiger charge is -2.26. The van der Waals surface area contributed by atoms with Gasteiger partial charge in [-0.3, -0.25) is 9.62 Å². The van der Waals surface area contributed by atoms with Gasteiger partial charge in [0, 0.05) is 25.7 Å². The number of ether oxygens (including phenoxy) is 2. The first-order valence-electron chi connectivity index (χ1n) is 10.3. The van der Waals surface area contributed by atoms with Crippen molar-refractivity contribution in [3.8, 4) is 5.75 Å². The summed E-state index contributed by atoms with van der Waals surface area (Å²) >= 11 is 12.4. The highest BCUT2D eigenvalue weighted by Crippen LogP contribution is 2.35. The molecule has 2 heterocycles. The molecule has 10 nitrogen and oxygen atoms in total. The van der Waals surface area contributed by atoms with E-state index in [9.17, 15) is 31.5 Å². The topological polar surface area (TPSA) is 142 Å². The molecule has 0 atom stereocenters. The molecule has 0 saturated carbocycles. The third-order valence-corrected chi connectivity index (χ3v) is 8.28. The van der Waals surface area contributed by atoms with Crippen LogP contribution in [0.1, 0.15) is 16.8 Å². The Kier molecular flexibility index (Phi) is 11.3. The quantitative estimate of drug-likeness (QED) is 0.298. The SMILES string of the molecule is O=C(O)C(F)(F)F.O=C(OCCCN1CCOCC1)c1ccc(NS(=O)(=O)c2cc(Cl)c(Cl)s2)cc1O. The molecule has 0 radical (unpaired) electrons. The van der Waals surface area contributed by atoms with E-state index in [0.29, 0.717) is 19.6 Å². The molecule has 37 heavy (non-hydrogen) atoms. The number of carboxylic acid groups (broad SMARTS) is 1. The number of anilines is 1. The van der Waals surface area contributed by atoms with Gasteiger partial charge in [0.2, 0.25) is 0 Å². The zero-order chi connectivity index (χ0) is 27.8. The molecule has 1 aliphatic rings. The Labute approximate surface area is 223 Å². The Morgan fingerprint density at radius 1 is 1.19 bits per heavy atom. The number of nitrogens with one attached hydrogen (secondary N) is 1. The molecule has 0 unspecified atom stereocenters. The largest absolute Gasteiger partial charge is 0.507 e. The van der Waals surface area contributed by atoms with Gasteiger partial charge in [0.1, 0.15) is 19.9 Å². The van der Waals surface area contributed by atoms with E-state index >= 15 is 0 Å². The Balaban J connectivity index is 0.000000604. The number of hydrogen-bond acceptors (Lipinski definition) is 9. The molecule has 3 rings (SSSR count). The van der Waals surface area contributed by atoms with Gasteiger partial charge in [-0.15, -0.1) is 11.3 Å². The molecule has 206 valence electrons. The van der Waals surface area contributed by atoms with E-state index in [1.807, 2.05) is 0 Å². The summed E-state index contributed by atoms with van der Waals surface area (Å²) < 4.78 is 69.4. The number of benzene rings is 1. The number of nitrogens with zero attached hydrogens (tertiary/aromatic N) is 1. The van der Waals surface area contributed by atoms with E-state index in [1.54, 1.807) is 0 Å². The molecule has 0 spiro atoms. The van der Waals surface area contributed by atoms with E-state index < -0.39 is 33.9 Å². The van der Waals surface area contributed by atoms with Crippen molar-refractivity contribution in [2.45, 2.75) is 16.8 Å². The smallest absolute Gasteiger partial charge is 0.490 e. The summed E-state index contributed by atoms with van der Waals surface area (Å²) in [7, 11) is -3.93. The molecular weight excluding hydrogens is 588 g/mol. The minimum atomic E-state index is -5.08. The lowest BCUT2D eigenvalue weighted by atomic mass is 10.2. The van der Waals surface area contributed by atoms with Gasteiger partial charge in [0.25, 0.3) is 10.0 Å². The first-order chi connectivity index (χ1) is 17.2. The van der Waals surface area contributed by atoms with Gasteiger partial charge < -0.3 is 19.7 Å². The van der Waals surface area contributed by atoms with E-state index in [0.717, 1.165) is 37.0 Å². The Bertz CT molecular complexity index is 1180. The molecule has 1 aliphatic heterocycles. The second-order valence-electron chi connectivity index (χ2n) is 7.27. The van der Waals surface area contributed by atoms with Crippen molar-refractivity contribution in [1.29, 1.82) is 0 Å². The van der Waals surface area contributed by atoms with Crippen LogP contribution in [0, 0.1) is 0 Å². The number of carboxylic acids is 1. The number of alkyl halides is 3. The number of halogens is 5. The van der Waals surface area contributed by atoms with E-state index in [2.05, 4.69) is 9.62 Å². The number of aliphatic carboxylic acids is 1. The van der Waals surface area contributed by atoms with Crippen molar-refractivity contribution in [3.63, 3.8) is 0 Å². The van der Waals surface area contributed by atoms with Gasteiger partial charge in [-0.25, -0.2) is 18.0 Å². The third kappa shape index (κ3) is 9.83. The maximum absolute atomic E-state index is 12.4. The van der Waals surface area contributed by atoms with Crippen molar-refractivity contribution in [2.75, 3.05) is 44.2 Å². The lowest BCUT2D eigenvalue weighted by molar-refractivity contribution is -0.192. The van der Waals surface area contributed by atoms with Crippen LogP contribution in [-0.4, -0.2) is 81.1 Å². The highest BCUT2D eigenvalue weighted by molar-refractivity contribution is 7.94. The summed E-state index contributed by atoms with van der Waals surface area (Å²) in [5.74, 6) is -3.83. The van der Waals surface area contributed by atoms with Gasteiger partial charge in [-0.1, -0.05) is 23.2 Å². The fraction of sp³-hybridized carbons (Fsp3) is 0.400. The van der Waals surface area contributed by atoms with Crippen LogP contribution in [-0.2, 0) is 24.3 Å². The average molecular weight is 609 g/mol. The van der Waals surface area contributed by atoms with Gasteiger partial charge in [0.15, 0.2) is 0 Å². The number of thiophene rings is 1. The summed E-state index contributed by atoms with van der Waals surface area (Å²) in [6.07, 6.45) is -4.42. The molecule has 2 aromatic rings. The van der Waals surface area contributed by atoms with Crippen molar-refractivity contribution >= 4 is 62.2 Å². The van der Waals surface area contributed by atoms with Crippen molar-refractivity contribution < 1.29 is 50.9 Å². The molecule has 17 heteroatoms. The molecule has 1 fully saturated rings. The van der Waals surface area contributed by atoms with Crippen molar-refractivity contribution in [3.05, 3.63) is 39.2 Å². The van der Waals surface area contributed by atoms with Crippen LogP contribution >= 0.6 is 34.5 Å². The molecule has 3 N–H and O–H groups in total. The number of rotatable bonds is 8. The molecule has 0 aliphatic carbocycles. The highest BCUT2D eigenvalue weighted by atomic mass is 35.5. The summed E-state index contributed by atoms with van der Waals surface area (Å²) in [5, 5.41) is 17.4. The molecule has 1 aromatic heterocycles. The molecule has 0 amide bonds. The number of aromatic hydroxyl groups is 1. The standard InChI is InChI=1S/C18H20Cl2N2O6S2.C2HF3O2/c19-14-11-16(29-17(14)20)30(25,26)21-12-2-3-13(15(23)10-12)18(24)28-7-1-4-22-5-8-27-9-6-22;3-2(4,5)1(6)7/h2-3,10-11,21,23H,1,4-9H2;(H,6,7). The zero-order valence-electron chi connectivity index (χ0n) is 18.8. The van der Waals surface area contributed by atoms with Crippen LogP contribution in [0.3, 0.4) is 0 Å². The molecule has 0 bridgehead atoms. The summed E-state index contributed by atoms with van der Waals surface area (Å²) in [5.41, 5.74) is 0.0311. The second-order valence-corrected chi connectivity index (χ2v) is 11.2. The Morgan fingerprint density at radius 2 is 1.81 bits per heavy atom. The number of phenolic OH excluding ortho intramolecular Hbond substituents is 1. The van der Waals surface area contributed by atoms with Crippen LogP contribution in [0.2, 0.25) is 9.36 Å². The highest BCUT2D eigenvalue weighted by Gasteiger charge is 2.38. The zero-order valence-corrected chi connectivity index (χ0v) is 21.9. The van der Waals surface area contributed by atoms with Gasteiger partial charge in [-0.05, 0) is 24.6 Å². The van der Waals surface area contributed by atoms with Crippen LogP contribution < -0.4 is 4.72 Å². The molecule has 1 aromatic carbocycles. The number of carbonyl (C=O) groups excluding carboxylic acids is 1. The third-order valence-electron chi connectivity index (χ3n) is 4.56. The predicted molar refractivity (Wildman–Crippen MR) is 129 cm³/mol. The maximum atomic E-state index is 12.4. The molecular formula is C20H21Cl2F3N2O8S2. The first kappa shape index (κ1) is 30.9. The summed E-state index contributed by atoms with van der Waals surface area (Å²) in [6, 6.07) is 5.03. The number of sulfonamides is 1. The second kappa shape index (κ2) is 13.5. The van der Waals surface area contributed by atoms with E-state index in [1.165, 1.54) is 18.2 Å². The van der Waals surface area contributed by atoms with Gasteiger partial charge in [0.05, 0.1) is 30.5 Å². The fourth-order valence-electron chi connectivity index (χ4n) is 2.79. The lowest BCUT2D eigenvalue weighted by Crippen LogP contribution is -2.37. The van der Waals surface area contributed by atoms with Gasteiger partial charge in [-0.2, -0.15) is 13.2 Å². The van der Waals surface area contributed by atoms with Crippen LogP contribution in [0.15, 0.2) is 28.5 Å². The minimum absolute atomic E-state index is 0.0495. The number of phenols is 1. The van der Waals surface area contributed by atoms with Crippen LogP contribution in [0.5, 0.6) is 5.75 Å². The predicted octanol–water partition coefficient (Wildman–Crippen LogP) is 4.07.